The van der Waals surface area contributed by atoms with Gasteiger partial charge in [-0.25, -0.2) is 19.1 Å². The molecule has 0 aliphatic heterocycles. The molecule has 0 radical (unpaired) electrons. The molecule has 9 nitrogen and oxygen atoms in total. The lowest BCUT2D eigenvalue weighted by Crippen LogP contribution is -2.31. The molecule has 0 aliphatic carbocycles. The highest BCUT2D eigenvalue weighted by atomic mass is 79.9. The van der Waals surface area contributed by atoms with Crippen molar-refractivity contribution in [2.75, 3.05) is 6.61 Å². The zero-order valence-corrected chi connectivity index (χ0v) is 20.5. The highest BCUT2D eigenvalue weighted by Crippen LogP contribution is 2.35. The fourth-order valence-electron chi connectivity index (χ4n) is 3.12. The number of carbonyl (C=O) groups excluding carboxylic acids is 1. The molecule has 2 N–H and O–H groups in total. The molecule has 2 aromatic heterocycles. The van der Waals surface area contributed by atoms with Crippen LogP contribution in [0.15, 0.2) is 31.2 Å². The second kappa shape index (κ2) is 9.56. The van der Waals surface area contributed by atoms with Crippen molar-refractivity contribution in [2.45, 2.75) is 27.7 Å². The smallest absolute Gasteiger partial charge is 0.348 e. The molecule has 11 heteroatoms. The number of aromatic hydroxyl groups is 1. The van der Waals surface area contributed by atoms with Gasteiger partial charge in [0.15, 0.2) is 0 Å². The molecule has 3 aromatic rings. The van der Waals surface area contributed by atoms with Crippen molar-refractivity contribution >= 4 is 44.5 Å². The van der Waals surface area contributed by atoms with Crippen molar-refractivity contribution in [3.63, 3.8) is 0 Å². The quantitative estimate of drug-likeness (QED) is 0.380. The molecule has 1 aromatic carbocycles. The summed E-state index contributed by atoms with van der Waals surface area (Å²) in [5.41, 5.74) is 0.526. The first kappa shape index (κ1) is 24.2. The molecule has 2 heterocycles. The summed E-state index contributed by atoms with van der Waals surface area (Å²) >= 11 is 4.36. The van der Waals surface area contributed by atoms with E-state index in [0.29, 0.717) is 16.8 Å². The van der Waals surface area contributed by atoms with E-state index in [9.17, 15) is 24.8 Å². The molecule has 33 heavy (non-hydrogen) atoms. The number of nitriles is 1. The Kier molecular flexibility index (Phi) is 7.00. The van der Waals surface area contributed by atoms with Gasteiger partial charge in [0.25, 0.3) is 5.56 Å². The molecule has 0 aliphatic rings. The number of esters is 1. The molecule has 0 bridgehead atoms. The maximum atomic E-state index is 12.5. The van der Waals surface area contributed by atoms with Crippen LogP contribution in [0.1, 0.15) is 44.4 Å². The fourth-order valence-corrected chi connectivity index (χ4v) is 4.58. The van der Waals surface area contributed by atoms with Gasteiger partial charge >= 0.3 is 11.7 Å². The lowest BCUT2D eigenvalue weighted by atomic mass is 10.1. The number of halogens is 1. The Morgan fingerprint density at radius 1 is 1.33 bits per heavy atom. The average molecular weight is 531 g/mol. The summed E-state index contributed by atoms with van der Waals surface area (Å²) in [6.45, 7) is 7.03. The maximum Gasteiger partial charge on any atom is 0.348 e. The van der Waals surface area contributed by atoms with Crippen molar-refractivity contribution in [3.8, 4) is 17.6 Å². The molecule has 0 saturated heterocycles. The number of hydrogen-bond donors (Lipinski definition) is 2. The standard InChI is InChI=1S/C22H19BrN4O5S/c1-5-32-21(30)17-12(4)13(8-24)19(33-17)25-9-14-18(28)26-22(31)27(20(14)29)16-7-10(2)15(23)6-11(16)3/h6-7,9,29H,5H2,1-4H3,(H,26,28,31). The summed E-state index contributed by atoms with van der Waals surface area (Å²) in [6, 6.07) is 5.48. The van der Waals surface area contributed by atoms with E-state index < -0.39 is 23.1 Å². The Morgan fingerprint density at radius 3 is 2.67 bits per heavy atom. The van der Waals surface area contributed by atoms with Crippen LogP contribution in [0.25, 0.3) is 5.69 Å². The van der Waals surface area contributed by atoms with Gasteiger partial charge in [-0.3, -0.25) is 9.78 Å². The number of H-pyrrole nitrogens is 1. The number of aliphatic imine (C=N–C) groups is 1. The number of rotatable bonds is 5. The largest absolute Gasteiger partial charge is 0.493 e. The van der Waals surface area contributed by atoms with Crippen molar-refractivity contribution in [3.05, 3.63) is 70.1 Å². The molecular weight excluding hydrogens is 512 g/mol. The summed E-state index contributed by atoms with van der Waals surface area (Å²) in [7, 11) is 0. The van der Waals surface area contributed by atoms with Gasteiger partial charge in [0.2, 0.25) is 5.88 Å². The van der Waals surface area contributed by atoms with Gasteiger partial charge in [-0.1, -0.05) is 15.9 Å². The number of carbonyl (C=O) groups is 1. The zero-order valence-electron chi connectivity index (χ0n) is 18.1. The SMILES string of the molecule is CCOC(=O)c1sc(N=Cc2c(O)n(-c3cc(C)c(Br)cc3C)c(=O)[nH]c2=O)c(C#N)c1C. The number of nitrogens with one attached hydrogen (secondary N) is 1. The summed E-state index contributed by atoms with van der Waals surface area (Å²) < 4.78 is 6.81. The molecule has 0 unspecified atom stereocenters. The summed E-state index contributed by atoms with van der Waals surface area (Å²) in [4.78, 5) is 43.7. The average Bonchev–Trinajstić information content (AvgIpc) is 3.06. The van der Waals surface area contributed by atoms with Crippen LogP contribution in [0, 0.1) is 32.1 Å². The zero-order chi connectivity index (χ0) is 24.4. The van der Waals surface area contributed by atoms with Gasteiger partial charge in [-0.2, -0.15) is 5.26 Å². The van der Waals surface area contributed by atoms with E-state index >= 15 is 0 Å². The fraction of sp³-hybridized carbons (Fsp3) is 0.227. The Balaban J connectivity index is 2.16. The van der Waals surface area contributed by atoms with Gasteiger partial charge in [-0.15, -0.1) is 11.3 Å². The summed E-state index contributed by atoms with van der Waals surface area (Å²) in [5.74, 6) is -1.18. The number of aromatic amines is 1. The van der Waals surface area contributed by atoms with Crippen LogP contribution in [0.2, 0.25) is 0 Å². The van der Waals surface area contributed by atoms with Gasteiger partial charge in [0.05, 0.1) is 17.9 Å². The van der Waals surface area contributed by atoms with E-state index in [-0.39, 0.29) is 27.6 Å². The van der Waals surface area contributed by atoms with Gasteiger partial charge in [0.1, 0.15) is 21.5 Å². The van der Waals surface area contributed by atoms with E-state index in [4.69, 9.17) is 4.74 Å². The summed E-state index contributed by atoms with van der Waals surface area (Å²) in [5, 5.41) is 20.5. The third-order valence-corrected chi connectivity index (χ3v) is 6.88. The minimum Gasteiger partial charge on any atom is -0.493 e. The number of thiophene rings is 1. The first-order valence-electron chi connectivity index (χ1n) is 9.70. The number of nitrogens with zero attached hydrogens (tertiary/aromatic N) is 3. The van der Waals surface area contributed by atoms with Crippen LogP contribution >= 0.6 is 27.3 Å². The molecule has 0 amide bonds. The Bertz CT molecular complexity index is 1460. The maximum absolute atomic E-state index is 12.5. The predicted octanol–water partition coefficient (Wildman–Crippen LogP) is 3.78. The monoisotopic (exact) mass is 530 g/mol. The minimum atomic E-state index is -0.846. The van der Waals surface area contributed by atoms with Crippen LogP contribution in [0.4, 0.5) is 5.00 Å². The lowest BCUT2D eigenvalue weighted by molar-refractivity contribution is 0.0531. The number of hydrogen-bond acceptors (Lipinski definition) is 8. The van der Waals surface area contributed by atoms with E-state index in [1.807, 2.05) is 13.0 Å². The molecule has 3 rings (SSSR count). The Hall–Kier alpha value is -3.49. The highest BCUT2D eigenvalue weighted by Gasteiger charge is 2.21. The van der Waals surface area contributed by atoms with Gasteiger partial charge in [0, 0.05) is 10.7 Å². The molecule has 0 spiro atoms. The Morgan fingerprint density at radius 2 is 2.03 bits per heavy atom. The predicted molar refractivity (Wildman–Crippen MR) is 128 cm³/mol. The molecule has 0 saturated carbocycles. The van der Waals surface area contributed by atoms with E-state index in [1.165, 1.54) is 0 Å². The number of ether oxygens (including phenoxy) is 1. The van der Waals surface area contributed by atoms with Crippen LogP contribution in [0.3, 0.4) is 0 Å². The summed E-state index contributed by atoms with van der Waals surface area (Å²) in [6.07, 6.45) is 1.06. The van der Waals surface area contributed by atoms with Gasteiger partial charge < -0.3 is 9.84 Å². The van der Waals surface area contributed by atoms with E-state index in [1.54, 1.807) is 32.9 Å². The van der Waals surface area contributed by atoms with Gasteiger partial charge in [-0.05, 0) is 56.5 Å². The first-order valence-corrected chi connectivity index (χ1v) is 11.3. The normalized spacial score (nSPS) is 11.0. The Labute approximate surface area is 200 Å². The van der Waals surface area contributed by atoms with E-state index in [2.05, 4.69) is 25.9 Å². The van der Waals surface area contributed by atoms with Crippen molar-refractivity contribution in [2.24, 2.45) is 4.99 Å². The lowest BCUT2D eigenvalue weighted by Gasteiger charge is -2.13. The van der Waals surface area contributed by atoms with E-state index in [0.717, 1.165) is 32.2 Å². The third kappa shape index (κ3) is 4.53. The highest BCUT2D eigenvalue weighted by molar-refractivity contribution is 9.10. The molecule has 0 atom stereocenters. The minimum absolute atomic E-state index is 0.155. The molecule has 0 fully saturated rings. The third-order valence-electron chi connectivity index (χ3n) is 4.85. The first-order chi connectivity index (χ1) is 15.6. The second-order valence-corrected chi connectivity index (χ2v) is 8.90. The number of benzene rings is 1. The number of aromatic nitrogens is 2. The van der Waals surface area contributed by atoms with Crippen molar-refractivity contribution in [1.82, 2.24) is 9.55 Å². The number of aryl methyl sites for hydroxylation is 2. The van der Waals surface area contributed by atoms with Crippen LogP contribution in [0.5, 0.6) is 5.88 Å². The van der Waals surface area contributed by atoms with Crippen LogP contribution < -0.4 is 11.2 Å². The topological polar surface area (TPSA) is 138 Å². The molecular formula is C22H19BrN4O5S. The molecule has 170 valence electrons. The van der Waals surface area contributed by atoms with Crippen molar-refractivity contribution in [1.29, 1.82) is 5.26 Å². The van der Waals surface area contributed by atoms with Crippen molar-refractivity contribution < 1.29 is 14.6 Å². The van der Waals surface area contributed by atoms with Crippen LogP contribution in [-0.2, 0) is 4.74 Å². The van der Waals surface area contributed by atoms with Crippen LogP contribution in [-0.4, -0.2) is 33.4 Å². The second-order valence-electron chi connectivity index (χ2n) is 7.05.